The molecular formula is C23H23BrN4O. The second-order valence-electron chi connectivity index (χ2n) is 7.92. The van der Waals surface area contributed by atoms with Crippen molar-refractivity contribution in [1.29, 1.82) is 0 Å². The number of carbonyl (C=O) groups is 1. The van der Waals surface area contributed by atoms with Crippen LogP contribution in [0.4, 0.5) is 16.2 Å². The summed E-state index contributed by atoms with van der Waals surface area (Å²) < 4.78 is 3.25. The van der Waals surface area contributed by atoms with Gasteiger partial charge in [0, 0.05) is 35.1 Å². The highest BCUT2D eigenvalue weighted by Crippen LogP contribution is 2.43. The number of nitrogens with zero attached hydrogens (tertiary/aromatic N) is 2. The second kappa shape index (κ2) is 6.95. The molecule has 2 amide bonds. The normalized spacial score (nSPS) is 16.7. The number of hydrogen-bond acceptors (Lipinski definition) is 2. The van der Waals surface area contributed by atoms with Gasteiger partial charge >= 0.3 is 6.03 Å². The minimum absolute atomic E-state index is 0.0413. The summed E-state index contributed by atoms with van der Waals surface area (Å²) in [6.45, 7) is 3.53. The van der Waals surface area contributed by atoms with Crippen molar-refractivity contribution in [2.75, 3.05) is 23.7 Å². The summed E-state index contributed by atoms with van der Waals surface area (Å²) in [6, 6.07) is 18.5. The minimum Gasteiger partial charge on any atom is -0.372 e. The summed E-state index contributed by atoms with van der Waals surface area (Å²) in [5.41, 5.74) is 5.54. The zero-order valence-electron chi connectivity index (χ0n) is 16.3. The molecule has 3 heterocycles. The molecule has 2 aromatic carbocycles. The summed E-state index contributed by atoms with van der Waals surface area (Å²) >= 11 is 3.45. The molecule has 3 aromatic rings. The van der Waals surface area contributed by atoms with E-state index in [2.05, 4.69) is 74.6 Å². The second-order valence-corrected chi connectivity index (χ2v) is 8.83. The molecule has 5 nitrogen and oxygen atoms in total. The number of urea groups is 1. The van der Waals surface area contributed by atoms with Crippen LogP contribution < -0.4 is 10.6 Å². The van der Waals surface area contributed by atoms with Crippen molar-refractivity contribution < 1.29 is 4.79 Å². The van der Waals surface area contributed by atoms with Crippen molar-refractivity contribution in [3.05, 3.63) is 76.5 Å². The van der Waals surface area contributed by atoms with Gasteiger partial charge < -0.3 is 20.1 Å². The predicted molar refractivity (Wildman–Crippen MR) is 120 cm³/mol. The number of halogens is 1. The van der Waals surface area contributed by atoms with Gasteiger partial charge in [0.1, 0.15) is 0 Å². The van der Waals surface area contributed by atoms with Gasteiger partial charge in [-0.3, -0.25) is 0 Å². The third kappa shape index (κ3) is 3.21. The van der Waals surface area contributed by atoms with Crippen LogP contribution in [0.15, 0.2) is 65.3 Å². The van der Waals surface area contributed by atoms with E-state index in [1.807, 2.05) is 29.2 Å². The van der Waals surface area contributed by atoms with Gasteiger partial charge in [-0.05, 0) is 67.8 Å². The molecule has 1 aromatic heterocycles. The number of likely N-dealkylation sites (tertiary alicyclic amines) is 1. The first-order valence-corrected chi connectivity index (χ1v) is 10.7. The third-order valence-corrected chi connectivity index (χ3v) is 6.50. The van der Waals surface area contributed by atoms with Crippen LogP contribution in [0.3, 0.4) is 0 Å². The van der Waals surface area contributed by atoms with E-state index in [4.69, 9.17) is 0 Å². The molecule has 0 saturated carbocycles. The quantitative estimate of drug-likeness (QED) is 0.514. The third-order valence-electron chi connectivity index (χ3n) is 6.00. The van der Waals surface area contributed by atoms with Crippen molar-refractivity contribution in [2.24, 2.45) is 0 Å². The van der Waals surface area contributed by atoms with Crippen molar-refractivity contribution in [3.63, 3.8) is 0 Å². The molecule has 0 unspecified atom stereocenters. The number of rotatable bonds is 1. The first kappa shape index (κ1) is 18.3. The fraction of sp³-hybridized carbons (Fsp3) is 0.261. The molecule has 6 heteroatoms. The van der Waals surface area contributed by atoms with E-state index in [1.54, 1.807) is 0 Å². The van der Waals surface area contributed by atoms with Gasteiger partial charge in [0.2, 0.25) is 0 Å². The standard InChI is InChI=1S/C23H23BrN4O/c1-16-7-8-20-19(14-16)26-23(21-6-3-11-28(20)21)9-12-27(13-10-23)22(29)25-18-5-2-4-17(24)15-18/h2-8,11,14-15,26H,9-10,12-13H2,1H3,(H,25,29). The number of fused-ring (bicyclic) bond motifs is 4. The van der Waals surface area contributed by atoms with Gasteiger partial charge in [-0.1, -0.05) is 28.1 Å². The lowest BCUT2D eigenvalue weighted by molar-refractivity contribution is 0.174. The molecule has 5 rings (SSSR count). The van der Waals surface area contributed by atoms with Crippen molar-refractivity contribution in [2.45, 2.75) is 25.3 Å². The molecule has 0 bridgehead atoms. The largest absolute Gasteiger partial charge is 0.372 e. The Morgan fingerprint density at radius 1 is 1.10 bits per heavy atom. The Hall–Kier alpha value is -2.73. The smallest absolute Gasteiger partial charge is 0.321 e. The van der Waals surface area contributed by atoms with Crippen LogP contribution in [-0.4, -0.2) is 28.6 Å². The molecule has 0 radical (unpaired) electrons. The number of aromatic nitrogens is 1. The summed E-state index contributed by atoms with van der Waals surface area (Å²) in [5, 5.41) is 6.84. The Morgan fingerprint density at radius 2 is 1.93 bits per heavy atom. The lowest BCUT2D eigenvalue weighted by atomic mass is 9.82. The molecular weight excluding hydrogens is 428 g/mol. The Kier molecular flexibility index (Phi) is 4.39. The predicted octanol–water partition coefficient (Wildman–Crippen LogP) is 5.50. The van der Waals surface area contributed by atoms with Gasteiger partial charge in [0.15, 0.2) is 0 Å². The van der Waals surface area contributed by atoms with E-state index >= 15 is 0 Å². The molecule has 29 heavy (non-hydrogen) atoms. The highest BCUT2D eigenvalue weighted by Gasteiger charge is 2.42. The van der Waals surface area contributed by atoms with Crippen LogP contribution in [0.5, 0.6) is 0 Å². The SMILES string of the molecule is Cc1ccc2c(c1)NC1(CCN(C(=O)Nc3cccc(Br)c3)CC1)c1cccn1-2. The van der Waals surface area contributed by atoms with Gasteiger partial charge in [0.25, 0.3) is 0 Å². The zero-order valence-corrected chi connectivity index (χ0v) is 17.9. The van der Waals surface area contributed by atoms with E-state index in [-0.39, 0.29) is 11.6 Å². The van der Waals surface area contributed by atoms with Crippen LogP contribution in [0.2, 0.25) is 0 Å². The number of amides is 2. The fourth-order valence-electron chi connectivity index (χ4n) is 4.50. The van der Waals surface area contributed by atoms with Crippen molar-refractivity contribution in [1.82, 2.24) is 9.47 Å². The number of hydrogen-bond donors (Lipinski definition) is 2. The van der Waals surface area contributed by atoms with Gasteiger partial charge in [0.05, 0.1) is 16.9 Å². The number of anilines is 2. The average Bonchev–Trinajstić information content (AvgIpc) is 3.19. The summed E-state index contributed by atoms with van der Waals surface area (Å²) in [6.07, 6.45) is 3.88. The van der Waals surface area contributed by atoms with Crippen LogP contribution in [-0.2, 0) is 5.54 Å². The summed E-state index contributed by atoms with van der Waals surface area (Å²) in [5.74, 6) is 0. The maximum absolute atomic E-state index is 12.8. The Labute approximate surface area is 178 Å². The zero-order chi connectivity index (χ0) is 20.0. The molecule has 2 N–H and O–H groups in total. The molecule has 1 saturated heterocycles. The highest BCUT2D eigenvalue weighted by atomic mass is 79.9. The van der Waals surface area contributed by atoms with Crippen molar-refractivity contribution in [3.8, 4) is 5.69 Å². The molecule has 2 aliphatic rings. The van der Waals surface area contributed by atoms with Crippen LogP contribution in [0.25, 0.3) is 5.69 Å². The van der Waals surface area contributed by atoms with Crippen LogP contribution in [0, 0.1) is 6.92 Å². The number of carbonyl (C=O) groups excluding carboxylic acids is 1. The van der Waals surface area contributed by atoms with Crippen LogP contribution >= 0.6 is 15.9 Å². The lowest BCUT2D eigenvalue weighted by Crippen LogP contribution is -2.51. The number of piperidine rings is 1. The molecule has 0 atom stereocenters. The highest BCUT2D eigenvalue weighted by molar-refractivity contribution is 9.10. The number of aryl methyl sites for hydroxylation is 1. The molecule has 1 fully saturated rings. The molecule has 0 aliphatic carbocycles. The number of nitrogens with one attached hydrogen (secondary N) is 2. The van der Waals surface area contributed by atoms with E-state index in [0.29, 0.717) is 13.1 Å². The Morgan fingerprint density at radius 3 is 2.72 bits per heavy atom. The minimum atomic E-state index is -0.142. The molecule has 148 valence electrons. The van der Waals surface area contributed by atoms with E-state index in [0.717, 1.165) is 23.0 Å². The topological polar surface area (TPSA) is 49.3 Å². The van der Waals surface area contributed by atoms with Gasteiger partial charge in [-0.2, -0.15) is 0 Å². The number of benzene rings is 2. The van der Waals surface area contributed by atoms with Crippen LogP contribution in [0.1, 0.15) is 24.1 Å². The van der Waals surface area contributed by atoms with E-state index in [1.165, 1.54) is 22.6 Å². The Bertz CT molecular complexity index is 1080. The first-order valence-electron chi connectivity index (χ1n) is 9.93. The van der Waals surface area contributed by atoms with E-state index in [9.17, 15) is 4.79 Å². The lowest BCUT2D eigenvalue weighted by Gasteiger charge is -2.46. The molecule has 2 aliphatic heterocycles. The van der Waals surface area contributed by atoms with Gasteiger partial charge in [-0.15, -0.1) is 0 Å². The van der Waals surface area contributed by atoms with Gasteiger partial charge in [-0.25, -0.2) is 4.79 Å². The summed E-state index contributed by atoms with van der Waals surface area (Å²) in [4.78, 5) is 14.7. The maximum Gasteiger partial charge on any atom is 0.321 e. The average molecular weight is 451 g/mol. The monoisotopic (exact) mass is 450 g/mol. The Balaban J connectivity index is 1.35. The van der Waals surface area contributed by atoms with Crippen molar-refractivity contribution >= 4 is 33.3 Å². The summed E-state index contributed by atoms with van der Waals surface area (Å²) in [7, 11) is 0. The maximum atomic E-state index is 12.8. The first-order chi connectivity index (χ1) is 14.0. The molecule has 1 spiro atoms. The fourth-order valence-corrected chi connectivity index (χ4v) is 4.90. The van der Waals surface area contributed by atoms with E-state index < -0.39 is 0 Å².